The second-order valence-corrected chi connectivity index (χ2v) is 10.1. The van der Waals surface area contributed by atoms with Gasteiger partial charge in [-0.05, 0) is 96.7 Å². The summed E-state index contributed by atoms with van der Waals surface area (Å²) in [5.74, 6) is 0.584. The zero-order valence-corrected chi connectivity index (χ0v) is 25.2. The van der Waals surface area contributed by atoms with E-state index < -0.39 is 0 Å². The van der Waals surface area contributed by atoms with Crippen molar-refractivity contribution >= 4 is 17.9 Å². The fraction of sp³-hybridized carbons (Fsp3) is 0.514. The molecule has 2 heteroatoms. The summed E-state index contributed by atoms with van der Waals surface area (Å²) >= 11 is 0. The molecule has 2 aromatic rings. The van der Waals surface area contributed by atoms with Gasteiger partial charge in [-0.2, -0.15) is 0 Å². The number of aliphatic imine (C=N–C) groups is 1. The minimum atomic E-state index is 0.584. The lowest BCUT2D eigenvalue weighted by molar-refractivity contribution is 0.274. The fourth-order valence-corrected chi connectivity index (χ4v) is 5.32. The fourth-order valence-electron chi connectivity index (χ4n) is 5.32. The SMILES string of the molecule is CC.CC=c1ccc(C(C)=N/C(=C\C)CN2CCc3cc(CC)c(CC)cc3C2)c/c1=C/C(C)CCC. The molecule has 0 amide bonds. The average molecular weight is 501 g/mol. The first-order chi connectivity index (χ1) is 17.9. The molecule has 1 aliphatic rings. The number of hydrogen-bond donors (Lipinski definition) is 0. The van der Waals surface area contributed by atoms with Crippen LogP contribution in [0.2, 0.25) is 0 Å². The molecule has 0 bridgehead atoms. The first-order valence-electron chi connectivity index (χ1n) is 14.8. The Hall–Kier alpha value is -2.45. The van der Waals surface area contributed by atoms with Crippen molar-refractivity contribution < 1.29 is 0 Å². The molecule has 1 aliphatic heterocycles. The Labute approximate surface area is 227 Å². The molecule has 0 fully saturated rings. The monoisotopic (exact) mass is 500 g/mol. The maximum absolute atomic E-state index is 5.10. The Morgan fingerprint density at radius 3 is 2.24 bits per heavy atom. The average Bonchev–Trinajstić information content (AvgIpc) is 2.92. The van der Waals surface area contributed by atoms with E-state index >= 15 is 0 Å². The second-order valence-electron chi connectivity index (χ2n) is 10.1. The highest BCUT2D eigenvalue weighted by Crippen LogP contribution is 2.25. The van der Waals surface area contributed by atoms with Gasteiger partial charge >= 0.3 is 0 Å². The van der Waals surface area contributed by atoms with Gasteiger partial charge in [-0.3, -0.25) is 9.89 Å². The minimum Gasteiger partial charge on any atom is -0.293 e. The maximum Gasteiger partial charge on any atom is 0.0504 e. The van der Waals surface area contributed by atoms with Gasteiger partial charge in [-0.25, -0.2) is 0 Å². The van der Waals surface area contributed by atoms with Gasteiger partial charge in [0.25, 0.3) is 0 Å². The van der Waals surface area contributed by atoms with Gasteiger partial charge in [0.05, 0.1) is 5.70 Å². The maximum atomic E-state index is 5.10. The van der Waals surface area contributed by atoms with Crippen molar-refractivity contribution in [3.05, 3.63) is 80.4 Å². The molecule has 0 N–H and O–H groups in total. The summed E-state index contributed by atoms with van der Waals surface area (Å²) < 4.78 is 0. The Balaban J connectivity index is 0.00000235. The van der Waals surface area contributed by atoms with Crippen LogP contribution in [0.1, 0.15) is 103 Å². The molecule has 202 valence electrons. The molecule has 0 spiro atoms. The lowest BCUT2D eigenvalue weighted by atomic mass is 9.91. The predicted molar refractivity (Wildman–Crippen MR) is 166 cm³/mol. The van der Waals surface area contributed by atoms with Crippen molar-refractivity contribution in [1.82, 2.24) is 4.90 Å². The predicted octanol–water partition coefficient (Wildman–Crippen LogP) is 7.63. The Morgan fingerprint density at radius 1 is 0.973 bits per heavy atom. The van der Waals surface area contributed by atoms with Crippen molar-refractivity contribution in [2.45, 2.75) is 101 Å². The smallest absolute Gasteiger partial charge is 0.0504 e. The van der Waals surface area contributed by atoms with Crippen molar-refractivity contribution in [2.75, 3.05) is 13.1 Å². The molecule has 0 aromatic heterocycles. The number of aryl methyl sites for hydroxylation is 2. The third-order valence-electron chi connectivity index (χ3n) is 7.43. The second kappa shape index (κ2) is 15.7. The van der Waals surface area contributed by atoms with Crippen LogP contribution in [0, 0.1) is 5.92 Å². The normalized spacial score (nSPS) is 16.4. The van der Waals surface area contributed by atoms with Crippen LogP contribution in [-0.2, 0) is 25.8 Å². The van der Waals surface area contributed by atoms with E-state index in [1.165, 1.54) is 45.5 Å². The van der Waals surface area contributed by atoms with E-state index in [9.17, 15) is 0 Å². The van der Waals surface area contributed by atoms with Crippen LogP contribution in [0.15, 0.2) is 47.1 Å². The molecule has 3 rings (SSSR count). The van der Waals surface area contributed by atoms with E-state index in [-0.39, 0.29) is 0 Å². The first-order valence-corrected chi connectivity index (χ1v) is 14.8. The van der Waals surface area contributed by atoms with Crippen molar-refractivity contribution in [2.24, 2.45) is 10.9 Å². The number of hydrogen-bond acceptors (Lipinski definition) is 2. The number of allylic oxidation sites excluding steroid dienone is 1. The molecule has 1 heterocycles. The van der Waals surface area contributed by atoms with E-state index in [0.717, 1.165) is 50.3 Å². The molecule has 0 saturated carbocycles. The van der Waals surface area contributed by atoms with E-state index in [0.29, 0.717) is 5.92 Å². The van der Waals surface area contributed by atoms with E-state index in [4.69, 9.17) is 4.99 Å². The van der Waals surface area contributed by atoms with Crippen LogP contribution in [0.3, 0.4) is 0 Å². The van der Waals surface area contributed by atoms with Crippen LogP contribution in [0.25, 0.3) is 12.2 Å². The van der Waals surface area contributed by atoms with E-state index in [1.807, 2.05) is 13.8 Å². The van der Waals surface area contributed by atoms with Crippen LogP contribution >= 0.6 is 0 Å². The van der Waals surface area contributed by atoms with Crippen molar-refractivity contribution in [1.29, 1.82) is 0 Å². The minimum absolute atomic E-state index is 0.584. The summed E-state index contributed by atoms with van der Waals surface area (Å²) in [6.45, 7) is 22.5. The van der Waals surface area contributed by atoms with Gasteiger partial charge in [0.1, 0.15) is 0 Å². The quantitative estimate of drug-likeness (QED) is 0.323. The highest BCUT2D eigenvalue weighted by molar-refractivity contribution is 5.99. The van der Waals surface area contributed by atoms with Crippen LogP contribution in [0.5, 0.6) is 0 Å². The Kier molecular flexibility index (Phi) is 13.1. The highest BCUT2D eigenvalue weighted by Gasteiger charge is 2.18. The first kappa shape index (κ1) is 30.8. The molecule has 0 radical (unpaired) electrons. The van der Waals surface area contributed by atoms with Gasteiger partial charge in [-0.1, -0.05) is 90.5 Å². The summed E-state index contributed by atoms with van der Waals surface area (Å²) in [7, 11) is 0. The lowest BCUT2D eigenvalue weighted by Gasteiger charge is -2.30. The number of rotatable bonds is 9. The number of fused-ring (bicyclic) bond motifs is 1. The number of nitrogens with zero attached hydrogens (tertiary/aromatic N) is 2. The zero-order chi connectivity index (χ0) is 27.4. The van der Waals surface area contributed by atoms with E-state index in [1.54, 1.807) is 5.56 Å². The zero-order valence-electron chi connectivity index (χ0n) is 25.2. The molecular weight excluding hydrogens is 448 g/mol. The summed E-state index contributed by atoms with van der Waals surface area (Å²) in [6, 6.07) is 11.7. The van der Waals surface area contributed by atoms with Gasteiger partial charge in [0.15, 0.2) is 0 Å². The van der Waals surface area contributed by atoms with Gasteiger partial charge in [0, 0.05) is 25.3 Å². The highest BCUT2D eigenvalue weighted by atomic mass is 15.1. The summed E-state index contributed by atoms with van der Waals surface area (Å²) in [6.07, 6.45) is 12.6. The molecular formula is C35H52N2. The van der Waals surface area contributed by atoms with Crippen LogP contribution < -0.4 is 10.4 Å². The summed E-state index contributed by atoms with van der Waals surface area (Å²) in [5, 5.41) is 2.63. The molecule has 2 aromatic carbocycles. The van der Waals surface area contributed by atoms with Crippen LogP contribution in [0.4, 0.5) is 0 Å². The molecule has 2 nitrogen and oxygen atoms in total. The van der Waals surface area contributed by atoms with Crippen LogP contribution in [-0.4, -0.2) is 23.7 Å². The van der Waals surface area contributed by atoms with Gasteiger partial charge < -0.3 is 0 Å². The summed E-state index contributed by atoms with van der Waals surface area (Å²) in [5.41, 5.74) is 9.57. The largest absolute Gasteiger partial charge is 0.293 e. The molecule has 0 aliphatic carbocycles. The molecule has 0 saturated heterocycles. The molecule has 1 unspecified atom stereocenters. The van der Waals surface area contributed by atoms with Crippen molar-refractivity contribution in [3.63, 3.8) is 0 Å². The Bertz CT molecular complexity index is 1180. The summed E-state index contributed by atoms with van der Waals surface area (Å²) in [4.78, 5) is 7.66. The lowest BCUT2D eigenvalue weighted by Crippen LogP contribution is -2.32. The standard InChI is InChI=1S/C33H46N2.C2H6/c1-8-13-24(6)18-31-21-29(15-14-26(31)9-2)25(7)34-33(12-5)23-35-17-16-30-19-27(10-3)28(11-4)20-32(30)22-35;1-2/h9,12,14-15,18-21,24H,8,10-11,13,16-17,22-23H2,1-7H3;1-2H3/b26-9?,31-18-,33-12-,34-25?;. The third-order valence-corrected chi connectivity index (χ3v) is 7.43. The topological polar surface area (TPSA) is 15.6 Å². The van der Waals surface area contributed by atoms with Gasteiger partial charge in [0.2, 0.25) is 0 Å². The number of benzene rings is 2. The van der Waals surface area contributed by atoms with Gasteiger partial charge in [-0.15, -0.1) is 0 Å². The van der Waals surface area contributed by atoms with E-state index in [2.05, 4.69) is 102 Å². The Morgan fingerprint density at radius 2 is 1.65 bits per heavy atom. The molecule has 1 atom stereocenters. The third kappa shape index (κ3) is 8.54. The molecule has 37 heavy (non-hydrogen) atoms. The van der Waals surface area contributed by atoms with Crippen molar-refractivity contribution in [3.8, 4) is 0 Å².